The van der Waals surface area contributed by atoms with Crippen LogP contribution in [0.1, 0.15) is 47.2 Å². The zero-order valence-corrected chi connectivity index (χ0v) is 11.1. The molecule has 3 heteroatoms. The lowest BCUT2D eigenvalue weighted by Crippen LogP contribution is -2.45. The van der Waals surface area contributed by atoms with Crippen LogP contribution in [0.3, 0.4) is 0 Å². The molecule has 1 saturated carbocycles. The lowest BCUT2D eigenvalue weighted by Gasteiger charge is -2.28. The molecule has 98 valence electrons. The molecule has 0 aliphatic heterocycles. The Labute approximate surface area is 108 Å². The Balaban J connectivity index is 2.12. The van der Waals surface area contributed by atoms with Crippen molar-refractivity contribution in [1.29, 1.82) is 0 Å². The number of aliphatic hydroxyl groups excluding tert-OH is 1. The van der Waals surface area contributed by atoms with Gasteiger partial charge in [-0.3, -0.25) is 4.79 Å². The molecule has 0 saturated heterocycles. The normalized spacial score (nSPS) is 23.7. The van der Waals surface area contributed by atoms with Crippen molar-refractivity contribution < 1.29 is 9.90 Å². The summed E-state index contributed by atoms with van der Waals surface area (Å²) >= 11 is 0. The summed E-state index contributed by atoms with van der Waals surface area (Å²) in [4.78, 5) is 12.3. The summed E-state index contributed by atoms with van der Waals surface area (Å²) in [6.07, 6.45) is 3.40. The summed E-state index contributed by atoms with van der Waals surface area (Å²) < 4.78 is 0. The smallest absolute Gasteiger partial charge is 0.252 e. The third-order valence-electron chi connectivity index (χ3n) is 3.75. The molecule has 18 heavy (non-hydrogen) atoms. The molecular formula is C15H21NO2. The standard InChI is InChI=1S/C15H21NO2/c1-10-6-5-7-11(2)14(10)15(18)16-12-8-3-4-9-13(12)17/h5-7,12-13,17H,3-4,8-9H2,1-2H3,(H,16,18)/t12-,13-/m0/s1. The highest BCUT2D eigenvalue weighted by Gasteiger charge is 2.25. The average Bonchev–Trinajstić information content (AvgIpc) is 2.32. The molecule has 1 fully saturated rings. The number of benzene rings is 1. The lowest BCUT2D eigenvalue weighted by atomic mass is 9.92. The van der Waals surface area contributed by atoms with Crippen molar-refractivity contribution in [1.82, 2.24) is 5.32 Å². The Bertz CT molecular complexity index is 422. The van der Waals surface area contributed by atoms with Crippen LogP contribution in [0.5, 0.6) is 0 Å². The first-order valence-corrected chi connectivity index (χ1v) is 6.64. The van der Waals surface area contributed by atoms with Crippen molar-refractivity contribution in [2.75, 3.05) is 0 Å². The largest absolute Gasteiger partial charge is 0.391 e. The maximum atomic E-state index is 12.3. The number of aliphatic hydroxyl groups is 1. The zero-order valence-electron chi connectivity index (χ0n) is 11.1. The summed E-state index contributed by atoms with van der Waals surface area (Å²) in [6, 6.07) is 5.75. The quantitative estimate of drug-likeness (QED) is 0.842. The van der Waals surface area contributed by atoms with Crippen molar-refractivity contribution in [2.24, 2.45) is 0 Å². The fourth-order valence-corrected chi connectivity index (χ4v) is 2.69. The lowest BCUT2D eigenvalue weighted by molar-refractivity contribution is 0.0716. The van der Waals surface area contributed by atoms with E-state index >= 15 is 0 Å². The Hall–Kier alpha value is -1.35. The van der Waals surface area contributed by atoms with Crippen LogP contribution in [0.2, 0.25) is 0 Å². The Morgan fingerprint density at radius 1 is 1.22 bits per heavy atom. The molecule has 2 atom stereocenters. The van der Waals surface area contributed by atoms with Gasteiger partial charge < -0.3 is 10.4 Å². The predicted molar refractivity (Wildman–Crippen MR) is 71.6 cm³/mol. The Morgan fingerprint density at radius 2 is 1.83 bits per heavy atom. The number of carbonyl (C=O) groups excluding carboxylic acids is 1. The fraction of sp³-hybridized carbons (Fsp3) is 0.533. The van der Waals surface area contributed by atoms with E-state index in [0.717, 1.165) is 42.4 Å². The molecule has 2 rings (SSSR count). The van der Waals surface area contributed by atoms with Gasteiger partial charge in [-0.05, 0) is 37.8 Å². The van der Waals surface area contributed by atoms with Crippen LogP contribution in [0.25, 0.3) is 0 Å². The van der Waals surface area contributed by atoms with Gasteiger partial charge in [-0.2, -0.15) is 0 Å². The highest BCUT2D eigenvalue weighted by atomic mass is 16.3. The van der Waals surface area contributed by atoms with Gasteiger partial charge in [0.25, 0.3) is 5.91 Å². The number of nitrogens with one attached hydrogen (secondary N) is 1. The molecule has 0 spiro atoms. The van der Waals surface area contributed by atoms with Crippen LogP contribution in [-0.2, 0) is 0 Å². The molecular weight excluding hydrogens is 226 g/mol. The molecule has 0 radical (unpaired) electrons. The first-order valence-electron chi connectivity index (χ1n) is 6.64. The van der Waals surface area contributed by atoms with E-state index in [1.54, 1.807) is 0 Å². The third kappa shape index (κ3) is 2.72. The van der Waals surface area contributed by atoms with Crippen LogP contribution in [0, 0.1) is 13.8 Å². The van der Waals surface area contributed by atoms with Crippen molar-refractivity contribution in [3.63, 3.8) is 0 Å². The predicted octanol–water partition coefficient (Wildman–Crippen LogP) is 2.34. The van der Waals surface area contributed by atoms with Gasteiger partial charge in [0.05, 0.1) is 12.1 Å². The summed E-state index contributed by atoms with van der Waals surface area (Å²) in [5, 5.41) is 12.9. The number of carbonyl (C=O) groups is 1. The second-order valence-electron chi connectivity index (χ2n) is 5.20. The number of rotatable bonds is 2. The van der Waals surface area contributed by atoms with Gasteiger partial charge in [-0.1, -0.05) is 31.0 Å². The van der Waals surface area contributed by atoms with Gasteiger partial charge in [-0.15, -0.1) is 0 Å². The molecule has 3 nitrogen and oxygen atoms in total. The maximum absolute atomic E-state index is 12.3. The number of aryl methyl sites for hydroxylation is 2. The molecule has 1 aromatic carbocycles. The number of hydrogen-bond donors (Lipinski definition) is 2. The van der Waals surface area contributed by atoms with Crippen LogP contribution in [-0.4, -0.2) is 23.2 Å². The van der Waals surface area contributed by atoms with E-state index < -0.39 is 6.10 Å². The summed E-state index contributed by atoms with van der Waals surface area (Å²) in [5.41, 5.74) is 2.71. The minimum Gasteiger partial charge on any atom is -0.391 e. The second-order valence-corrected chi connectivity index (χ2v) is 5.20. The molecule has 1 amide bonds. The van der Waals surface area contributed by atoms with Gasteiger partial charge in [0.15, 0.2) is 0 Å². The average molecular weight is 247 g/mol. The maximum Gasteiger partial charge on any atom is 0.252 e. The minimum atomic E-state index is -0.396. The molecule has 0 bridgehead atoms. The highest BCUT2D eigenvalue weighted by molar-refractivity contribution is 5.97. The molecule has 1 aliphatic rings. The molecule has 1 aromatic rings. The summed E-state index contributed by atoms with van der Waals surface area (Å²) in [5.74, 6) is -0.0588. The van der Waals surface area contributed by atoms with E-state index in [1.807, 2.05) is 32.0 Å². The SMILES string of the molecule is Cc1cccc(C)c1C(=O)N[C@H]1CCCC[C@@H]1O. The van der Waals surface area contributed by atoms with Crippen LogP contribution in [0.15, 0.2) is 18.2 Å². The Kier molecular flexibility index (Phi) is 4.02. The molecule has 0 heterocycles. The van der Waals surface area contributed by atoms with Gasteiger partial charge in [-0.25, -0.2) is 0 Å². The molecule has 0 unspecified atom stereocenters. The van der Waals surface area contributed by atoms with Gasteiger partial charge in [0, 0.05) is 5.56 Å². The molecule has 0 aromatic heterocycles. The van der Waals surface area contributed by atoms with Gasteiger partial charge in [0.2, 0.25) is 0 Å². The van der Waals surface area contributed by atoms with Crippen molar-refractivity contribution >= 4 is 5.91 Å². The number of amides is 1. The fourth-order valence-electron chi connectivity index (χ4n) is 2.69. The minimum absolute atomic E-state index is 0.0588. The van der Waals surface area contributed by atoms with Crippen molar-refractivity contribution in [2.45, 2.75) is 51.7 Å². The van der Waals surface area contributed by atoms with E-state index in [4.69, 9.17) is 0 Å². The molecule has 2 N–H and O–H groups in total. The molecule has 1 aliphatic carbocycles. The van der Waals surface area contributed by atoms with Crippen molar-refractivity contribution in [3.05, 3.63) is 34.9 Å². The van der Waals surface area contributed by atoms with Gasteiger partial charge >= 0.3 is 0 Å². The van der Waals surface area contributed by atoms with E-state index in [-0.39, 0.29) is 11.9 Å². The van der Waals surface area contributed by atoms with E-state index in [1.165, 1.54) is 0 Å². The van der Waals surface area contributed by atoms with E-state index in [2.05, 4.69) is 5.32 Å². The van der Waals surface area contributed by atoms with Crippen LogP contribution >= 0.6 is 0 Å². The number of hydrogen-bond acceptors (Lipinski definition) is 2. The topological polar surface area (TPSA) is 49.3 Å². The highest BCUT2D eigenvalue weighted by Crippen LogP contribution is 2.20. The second kappa shape index (κ2) is 5.53. The summed E-state index contributed by atoms with van der Waals surface area (Å²) in [6.45, 7) is 3.89. The zero-order chi connectivity index (χ0) is 13.1. The van der Waals surface area contributed by atoms with Gasteiger partial charge in [0.1, 0.15) is 0 Å². The first kappa shape index (κ1) is 13.1. The summed E-state index contributed by atoms with van der Waals surface area (Å²) in [7, 11) is 0. The first-order chi connectivity index (χ1) is 8.59. The van der Waals surface area contributed by atoms with Crippen molar-refractivity contribution in [3.8, 4) is 0 Å². The van der Waals surface area contributed by atoms with Crippen LogP contribution in [0.4, 0.5) is 0 Å². The monoisotopic (exact) mass is 247 g/mol. The Morgan fingerprint density at radius 3 is 2.44 bits per heavy atom. The third-order valence-corrected chi connectivity index (χ3v) is 3.75. The van der Waals surface area contributed by atoms with E-state index in [0.29, 0.717) is 0 Å². The van der Waals surface area contributed by atoms with E-state index in [9.17, 15) is 9.90 Å². The van der Waals surface area contributed by atoms with Crippen LogP contribution < -0.4 is 5.32 Å².